The molecule has 0 bridgehead atoms. The highest BCUT2D eigenvalue weighted by Crippen LogP contribution is 2.61. The summed E-state index contributed by atoms with van der Waals surface area (Å²) in [5.74, 6) is 3.63. The van der Waals surface area contributed by atoms with Crippen LogP contribution in [-0.2, 0) is 16.0 Å². The minimum absolute atomic E-state index is 0.0385. The lowest BCUT2D eigenvalue weighted by Gasteiger charge is -2.49. The van der Waals surface area contributed by atoms with E-state index in [1.807, 2.05) is 0 Å². The highest BCUT2D eigenvalue weighted by Gasteiger charge is 2.53. The molecular weight excluding hydrogens is 300 g/mol. The van der Waals surface area contributed by atoms with Gasteiger partial charge in [0.15, 0.2) is 0 Å². The summed E-state index contributed by atoms with van der Waals surface area (Å²) in [6.45, 7) is 3.81. The fourth-order valence-electron chi connectivity index (χ4n) is 5.53. The molecule has 1 aromatic carbocycles. The zero-order valence-corrected chi connectivity index (χ0v) is 14.8. The number of hydrogen-bond donors (Lipinski definition) is 0. The molecule has 3 aliphatic rings. The predicted molar refractivity (Wildman–Crippen MR) is 92.8 cm³/mol. The van der Waals surface area contributed by atoms with E-state index in [0.29, 0.717) is 17.8 Å². The molecule has 128 valence electrons. The van der Waals surface area contributed by atoms with Gasteiger partial charge in [-0.25, -0.2) is 0 Å². The first-order chi connectivity index (χ1) is 11.5. The third kappa shape index (κ3) is 2.28. The Kier molecular flexibility index (Phi) is 3.70. The summed E-state index contributed by atoms with van der Waals surface area (Å²) >= 11 is 0. The number of ether oxygens (including phenoxy) is 2. The molecule has 1 aromatic rings. The average molecular weight is 326 g/mol. The quantitative estimate of drug-likeness (QED) is 0.745. The molecule has 3 nitrogen and oxygen atoms in total. The number of rotatable bonds is 2. The molecular formula is C21H26O3. The minimum atomic E-state index is -0.189. The lowest BCUT2D eigenvalue weighted by atomic mass is 9.55. The van der Waals surface area contributed by atoms with Crippen LogP contribution in [0.2, 0.25) is 0 Å². The van der Waals surface area contributed by atoms with Crippen molar-refractivity contribution in [2.75, 3.05) is 7.11 Å². The summed E-state index contributed by atoms with van der Waals surface area (Å²) in [4.78, 5) is 11.4. The predicted octanol–water partition coefficient (Wildman–Crippen LogP) is 4.61. The van der Waals surface area contributed by atoms with Gasteiger partial charge in [-0.3, -0.25) is 4.79 Å². The first-order valence-corrected chi connectivity index (χ1v) is 9.09. The standard InChI is InChI=1S/C21H26O3/c1-13(22)24-20-9-8-19-18-6-4-14-12-15(23-3)5-7-16(14)17(18)10-11-21(19,20)2/h5,7,9,12,17-19H,4,6,8,10-11H2,1-3H3/t17-,18-,19+,21+/m1/s1. The number of benzene rings is 1. The van der Waals surface area contributed by atoms with Gasteiger partial charge in [0, 0.05) is 12.3 Å². The van der Waals surface area contributed by atoms with Crippen molar-refractivity contribution in [3.63, 3.8) is 0 Å². The number of esters is 1. The SMILES string of the molecule is COc1ccc2c(c1)CC[C@@H]1[C@@H]2CC[C@]2(C)C(OC(C)=O)=CC[C@@H]12. The largest absolute Gasteiger partial charge is 0.497 e. The number of carbonyl (C=O) groups is 1. The molecule has 1 saturated carbocycles. The Balaban J connectivity index is 1.62. The molecule has 1 fully saturated rings. The molecule has 4 atom stereocenters. The zero-order chi connectivity index (χ0) is 16.9. The van der Waals surface area contributed by atoms with Crippen LogP contribution in [0, 0.1) is 17.3 Å². The van der Waals surface area contributed by atoms with Gasteiger partial charge in [-0.05, 0) is 79.2 Å². The van der Waals surface area contributed by atoms with E-state index in [1.54, 1.807) is 7.11 Å². The van der Waals surface area contributed by atoms with Crippen molar-refractivity contribution >= 4 is 5.97 Å². The molecule has 0 heterocycles. The smallest absolute Gasteiger partial charge is 0.307 e. The van der Waals surface area contributed by atoms with Gasteiger partial charge in [-0.15, -0.1) is 0 Å². The summed E-state index contributed by atoms with van der Waals surface area (Å²) < 4.78 is 11.0. The maximum Gasteiger partial charge on any atom is 0.307 e. The lowest BCUT2D eigenvalue weighted by molar-refractivity contribution is -0.139. The molecule has 3 aliphatic carbocycles. The van der Waals surface area contributed by atoms with Crippen molar-refractivity contribution in [2.45, 2.75) is 51.9 Å². The first-order valence-electron chi connectivity index (χ1n) is 9.09. The Morgan fingerprint density at radius 1 is 1.29 bits per heavy atom. The van der Waals surface area contributed by atoms with Crippen LogP contribution in [0.25, 0.3) is 0 Å². The summed E-state index contributed by atoms with van der Waals surface area (Å²) in [7, 11) is 1.74. The van der Waals surface area contributed by atoms with Gasteiger partial charge in [0.05, 0.1) is 7.11 Å². The summed E-state index contributed by atoms with van der Waals surface area (Å²) in [5.41, 5.74) is 3.02. The van der Waals surface area contributed by atoms with E-state index in [-0.39, 0.29) is 11.4 Å². The van der Waals surface area contributed by atoms with Gasteiger partial charge in [0.2, 0.25) is 0 Å². The van der Waals surface area contributed by atoms with Gasteiger partial charge in [-0.2, -0.15) is 0 Å². The van der Waals surface area contributed by atoms with Gasteiger partial charge in [-0.1, -0.05) is 13.0 Å². The molecule has 0 radical (unpaired) electrons. The number of fused-ring (bicyclic) bond motifs is 5. The van der Waals surface area contributed by atoms with Crippen molar-refractivity contribution in [2.24, 2.45) is 17.3 Å². The summed E-state index contributed by atoms with van der Waals surface area (Å²) in [6.07, 6.45) is 7.86. The van der Waals surface area contributed by atoms with E-state index in [9.17, 15) is 4.79 Å². The highest BCUT2D eigenvalue weighted by molar-refractivity contribution is 5.67. The summed E-state index contributed by atoms with van der Waals surface area (Å²) in [5, 5.41) is 0. The zero-order valence-electron chi connectivity index (χ0n) is 14.8. The Labute approximate surface area is 144 Å². The maximum atomic E-state index is 11.4. The van der Waals surface area contributed by atoms with E-state index in [2.05, 4.69) is 31.2 Å². The van der Waals surface area contributed by atoms with Crippen LogP contribution in [-0.4, -0.2) is 13.1 Å². The topological polar surface area (TPSA) is 35.5 Å². The van der Waals surface area contributed by atoms with Crippen LogP contribution in [0.3, 0.4) is 0 Å². The van der Waals surface area contributed by atoms with Gasteiger partial charge >= 0.3 is 5.97 Å². The van der Waals surface area contributed by atoms with Crippen LogP contribution >= 0.6 is 0 Å². The molecule has 0 saturated heterocycles. The molecule has 3 heteroatoms. The fourth-order valence-corrected chi connectivity index (χ4v) is 5.53. The fraction of sp³-hybridized carbons (Fsp3) is 0.571. The molecule has 0 aliphatic heterocycles. The minimum Gasteiger partial charge on any atom is -0.497 e. The van der Waals surface area contributed by atoms with Crippen molar-refractivity contribution in [3.05, 3.63) is 41.2 Å². The van der Waals surface area contributed by atoms with E-state index < -0.39 is 0 Å². The van der Waals surface area contributed by atoms with Crippen LogP contribution in [0.5, 0.6) is 5.75 Å². The van der Waals surface area contributed by atoms with Crippen molar-refractivity contribution in [1.29, 1.82) is 0 Å². The van der Waals surface area contributed by atoms with Gasteiger partial charge in [0.1, 0.15) is 11.5 Å². The average Bonchev–Trinajstić information content (AvgIpc) is 2.90. The number of hydrogen-bond acceptors (Lipinski definition) is 3. The second kappa shape index (κ2) is 5.65. The molecule has 0 aromatic heterocycles. The monoisotopic (exact) mass is 326 g/mol. The molecule has 24 heavy (non-hydrogen) atoms. The third-order valence-corrected chi connectivity index (χ3v) is 6.70. The molecule has 0 unspecified atom stereocenters. The number of allylic oxidation sites excluding steroid dienone is 2. The Morgan fingerprint density at radius 3 is 2.88 bits per heavy atom. The normalized spacial score (nSPS) is 33.8. The number of aryl methyl sites for hydroxylation is 1. The van der Waals surface area contributed by atoms with Crippen molar-refractivity contribution in [1.82, 2.24) is 0 Å². The maximum absolute atomic E-state index is 11.4. The van der Waals surface area contributed by atoms with Crippen molar-refractivity contribution in [3.8, 4) is 5.75 Å². The Hall–Kier alpha value is -1.77. The molecule has 0 N–H and O–H groups in total. The summed E-state index contributed by atoms with van der Waals surface area (Å²) in [6, 6.07) is 6.60. The highest BCUT2D eigenvalue weighted by atomic mass is 16.5. The molecule has 0 spiro atoms. The van der Waals surface area contributed by atoms with Crippen LogP contribution < -0.4 is 4.74 Å². The second-order valence-electron chi connectivity index (χ2n) is 7.83. The van der Waals surface area contributed by atoms with Crippen LogP contribution in [0.1, 0.15) is 56.6 Å². The van der Waals surface area contributed by atoms with E-state index in [1.165, 1.54) is 30.9 Å². The van der Waals surface area contributed by atoms with Crippen LogP contribution in [0.4, 0.5) is 0 Å². The number of methoxy groups -OCH3 is 1. The Morgan fingerprint density at radius 2 is 2.12 bits per heavy atom. The second-order valence-corrected chi connectivity index (χ2v) is 7.83. The lowest BCUT2D eigenvalue weighted by Crippen LogP contribution is -2.41. The molecule has 4 rings (SSSR count). The van der Waals surface area contributed by atoms with Gasteiger partial charge in [0.25, 0.3) is 0 Å². The van der Waals surface area contributed by atoms with Crippen molar-refractivity contribution < 1.29 is 14.3 Å². The molecule has 0 amide bonds. The van der Waals surface area contributed by atoms with Gasteiger partial charge < -0.3 is 9.47 Å². The Bertz CT molecular complexity index is 705. The van der Waals surface area contributed by atoms with E-state index in [0.717, 1.165) is 30.8 Å². The van der Waals surface area contributed by atoms with Crippen LogP contribution in [0.15, 0.2) is 30.0 Å². The van der Waals surface area contributed by atoms with E-state index in [4.69, 9.17) is 9.47 Å². The third-order valence-electron chi connectivity index (χ3n) is 6.70. The van der Waals surface area contributed by atoms with E-state index >= 15 is 0 Å². The first kappa shape index (κ1) is 15.7. The number of carbonyl (C=O) groups excluding carboxylic acids is 1.